The summed E-state index contributed by atoms with van der Waals surface area (Å²) in [7, 11) is 3.52. The van der Waals surface area contributed by atoms with Crippen LogP contribution in [-0.4, -0.2) is 16.6 Å². The summed E-state index contributed by atoms with van der Waals surface area (Å²) in [4.78, 5) is 29.6. The number of aromatic nitrogens is 2. The molecule has 1 aromatic heterocycles. The van der Waals surface area contributed by atoms with Gasteiger partial charge in [0.2, 0.25) is 0 Å². The molecular formula is C18H27N3O2. The van der Waals surface area contributed by atoms with Gasteiger partial charge in [0.1, 0.15) is 5.82 Å². The SMILES string of the molecule is CN1/C2=C/CCCCCCCCC(C2)c2c1[nH]c(=O)n(C)c2=O. The number of allylic oxidation sites excluding steroid dienone is 2. The molecule has 5 heteroatoms. The minimum atomic E-state index is -0.332. The first-order valence-electron chi connectivity index (χ1n) is 8.85. The Balaban J connectivity index is 2.07. The van der Waals surface area contributed by atoms with Gasteiger partial charge in [-0.1, -0.05) is 38.2 Å². The molecular weight excluding hydrogens is 290 g/mol. The Morgan fingerprint density at radius 2 is 1.74 bits per heavy atom. The van der Waals surface area contributed by atoms with E-state index in [1.54, 1.807) is 7.05 Å². The highest BCUT2D eigenvalue weighted by molar-refractivity contribution is 5.55. The number of nitrogens with zero attached hydrogens (tertiary/aromatic N) is 2. The molecule has 0 saturated carbocycles. The molecule has 0 fully saturated rings. The summed E-state index contributed by atoms with van der Waals surface area (Å²) in [6.45, 7) is 0. The monoisotopic (exact) mass is 317 g/mol. The van der Waals surface area contributed by atoms with Crippen LogP contribution in [0.5, 0.6) is 0 Å². The zero-order valence-corrected chi connectivity index (χ0v) is 14.2. The summed E-state index contributed by atoms with van der Waals surface area (Å²) >= 11 is 0. The molecule has 126 valence electrons. The maximum absolute atomic E-state index is 12.7. The van der Waals surface area contributed by atoms with Crippen molar-refractivity contribution in [2.75, 3.05) is 11.9 Å². The topological polar surface area (TPSA) is 58.1 Å². The largest absolute Gasteiger partial charge is 0.335 e. The van der Waals surface area contributed by atoms with Gasteiger partial charge in [-0.3, -0.25) is 14.3 Å². The maximum Gasteiger partial charge on any atom is 0.329 e. The smallest absolute Gasteiger partial charge is 0.329 e. The first-order valence-corrected chi connectivity index (χ1v) is 8.85. The van der Waals surface area contributed by atoms with Crippen molar-refractivity contribution in [3.63, 3.8) is 0 Å². The van der Waals surface area contributed by atoms with E-state index in [9.17, 15) is 9.59 Å². The van der Waals surface area contributed by atoms with E-state index < -0.39 is 0 Å². The van der Waals surface area contributed by atoms with Crippen LogP contribution in [0.4, 0.5) is 5.82 Å². The first kappa shape index (κ1) is 16.1. The predicted molar refractivity (Wildman–Crippen MR) is 93.1 cm³/mol. The Labute approximate surface area is 137 Å². The summed E-state index contributed by atoms with van der Waals surface area (Å²) < 4.78 is 1.21. The molecule has 0 amide bonds. The lowest BCUT2D eigenvalue weighted by Crippen LogP contribution is -2.41. The Hall–Kier alpha value is -1.78. The van der Waals surface area contributed by atoms with Crippen LogP contribution in [0, 0.1) is 0 Å². The van der Waals surface area contributed by atoms with Crippen LogP contribution in [0.2, 0.25) is 0 Å². The van der Waals surface area contributed by atoms with Crippen molar-refractivity contribution in [1.29, 1.82) is 0 Å². The Morgan fingerprint density at radius 3 is 2.52 bits per heavy atom. The molecule has 1 N–H and O–H groups in total. The molecule has 2 bridgehead atoms. The quantitative estimate of drug-likeness (QED) is 0.800. The molecule has 5 nitrogen and oxygen atoms in total. The van der Waals surface area contributed by atoms with Gasteiger partial charge in [0.25, 0.3) is 5.56 Å². The number of hydrogen-bond donors (Lipinski definition) is 1. The third-order valence-electron chi connectivity index (χ3n) is 5.34. The van der Waals surface area contributed by atoms with E-state index in [2.05, 4.69) is 11.1 Å². The van der Waals surface area contributed by atoms with Crippen LogP contribution in [-0.2, 0) is 7.05 Å². The van der Waals surface area contributed by atoms with Crippen LogP contribution >= 0.6 is 0 Å². The van der Waals surface area contributed by atoms with Crippen molar-refractivity contribution >= 4 is 5.82 Å². The Morgan fingerprint density at radius 1 is 1.04 bits per heavy atom. The number of H-pyrrole nitrogens is 1. The van der Waals surface area contributed by atoms with E-state index in [4.69, 9.17) is 0 Å². The number of anilines is 1. The third-order valence-corrected chi connectivity index (χ3v) is 5.34. The van der Waals surface area contributed by atoms with Crippen molar-refractivity contribution in [2.45, 2.75) is 63.7 Å². The minimum Gasteiger partial charge on any atom is -0.335 e. The standard InChI is InChI=1S/C18H27N3O2/c1-20-14-11-9-7-5-3-4-6-8-10-13(12-14)15-16(20)19-18(23)21(2)17(15)22/h11,13H,3-10,12H2,1-2H3,(H,19,23)/b14-11+. The number of nitrogens with one attached hydrogen (secondary N) is 1. The molecule has 2 heterocycles. The fourth-order valence-corrected chi connectivity index (χ4v) is 3.87. The number of rotatable bonds is 0. The average Bonchev–Trinajstić information content (AvgIpc) is 2.52. The molecule has 0 saturated heterocycles. The highest BCUT2D eigenvalue weighted by Gasteiger charge is 2.30. The molecule has 23 heavy (non-hydrogen) atoms. The van der Waals surface area contributed by atoms with Crippen molar-refractivity contribution in [2.24, 2.45) is 7.05 Å². The fourth-order valence-electron chi connectivity index (χ4n) is 3.87. The fraction of sp³-hybridized carbons (Fsp3) is 0.667. The molecule has 3 rings (SSSR count). The van der Waals surface area contributed by atoms with E-state index in [-0.39, 0.29) is 17.2 Å². The van der Waals surface area contributed by atoms with Crippen molar-refractivity contribution < 1.29 is 0 Å². The molecule has 0 radical (unpaired) electrons. The van der Waals surface area contributed by atoms with Gasteiger partial charge in [-0.15, -0.1) is 0 Å². The second kappa shape index (κ2) is 6.77. The molecule has 1 aliphatic heterocycles. The highest BCUT2D eigenvalue weighted by Crippen LogP contribution is 2.39. The van der Waals surface area contributed by atoms with Gasteiger partial charge < -0.3 is 4.90 Å². The summed E-state index contributed by atoms with van der Waals surface area (Å²) in [6, 6.07) is 0. The Kier molecular flexibility index (Phi) is 4.74. The minimum absolute atomic E-state index is 0.133. The molecule has 0 aromatic carbocycles. The normalized spacial score (nSPS) is 24.9. The summed E-state index contributed by atoms with van der Waals surface area (Å²) in [6.07, 6.45) is 12.8. The lowest BCUT2D eigenvalue weighted by Gasteiger charge is -2.34. The summed E-state index contributed by atoms with van der Waals surface area (Å²) in [5.41, 5.74) is 1.57. The molecule has 0 spiro atoms. The van der Waals surface area contributed by atoms with Crippen molar-refractivity contribution in [3.05, 3.63) is 38.2 Å². The second-order valence-corrected chi connectivity index (χ2v) is 6.91. The van der Waals surface area contributed by atoms with Crippen LogP contribution in [0.3, 0.4) is 0 Å². The third kappa shape index (κ3) is 3.14. The number of fused-ring (bicyclic) bond motifs is 4. The molecule has 1 unspecified atom stereocenters. The van der Waals surface area contributed by atoms with E-state index in [0.717, 1.165) is 31.2 Å². The maximum atomic E-state index is 12.7. The van der Waals surface area contributed by atoms with Crippen LogP contribution in [0.15, 0.2) is 21.4 Å². The van der Waals surface area contributed by atoms with Gasteiger partial charge in [-0.2, -0.15) is 0 Å². The summed E-state index contributed by atoms with van der Waals surface area (Å²) in [5, 5.41) is 0. The number of hydrogen-bond acceptors (Lipinski definition) is 3. The zero-order valence-electron chi connectivity index (χ0n) is 14.2. The summed E-state index contributed by atoms with van der Waals surface area (Å²) in [5.74, 6) is 0.931. The molecule has 1 aliphatic carbocycles. The van der Waals surface area contributed by atoms with Crippen LogP contribution < -0.4 is 16.1 Å². The average molecular weight is 317 g/mol. The van der Waals surface area contributed by atoms with Gasteiger partial charge in [-0.05, 0) is 31.6 Å². The highest BCUT2D eigenvalue weighted by atomic mass is 16.2. The van der Waals surface area contributed by atoms with E-state index in [1.165, 1.54) is 42.4 Å². The van der Waals surface area contributed by atoms with E-state index in [1.807, 2.05) is 11.9 Å². The lowest BCUT2D eigenvalue weighted by molar-refractivity contribution is 0.506. The lowest BCUT2D eigenvalue weighted by atomic mass is 9.85. The van der Waals surface area contributed by atoms with Crippen LogP contribution in [0.1, 0.15) is 69.3 Å². The van der Waals surface area contributed by atoms with Gasteiger partial charge in [0.15, 0.2) is 0 Å². The van der Waals surface area contributed by atoms with E-state index in [0.29, 0.717) is 5.82 Å². The van der Waals surface area contributed by atoms with Crippen molar-refractivity contribution in [1.82, 2.24) is 9.55 Å². The molecule has 2 aliphatic rings. The van der Waals surface area contributed by atoms with Crippen LogP contribution in [0.25, 0.3) is 0 Å². The Bertz CT molecular complexity index is 714. The number of aromatic amines is 1. The van der Waals surface area contributed by atoms with E-state index >= 15 is 0 Å². The van der Waals surface area contributed by atoms with Crippen molar-refractivity contribution in [3.8, 4) is 0 Å². The zero-order chi connectivity index (χ0) is 16.4. The van der Waals surface area contributed by atoms with Gasteiger partial charge in [0, 0.05) is 19.8 Å². The predicted octanol–water partition coefficient (Wildman–Crippen LogP) is 3.02. The molecule has 1 aromatic rings. The first-order chi connectivity index (χ1) is 11.1. The molecule has 1 atom stereocenters. The van der Waals surface area contributed by atoms with Gasteiger partial charge >= 0.3 is 5.69 Å². The van der Waals surface area contributed by atoms with Gasteiger partial charge in [-0.25, -0.2) is 4.79 Å². The second-order valence-electron chi connectivity index (χ2n) is 6.91. The van der Waals surface area contributed by atoms with Gasteiger partial charge in [0.05, 0.1) is 5.56 Å².